The van der Waals surface area contributed by atoms with Crippen molar-refractivity contribution in [2.24, 2.45) is 0 Å². The zero-order chi connectivity index (χ0) is 17.6. The van der Waals surface area contributed by atoms with Gasteiger partial charge in [0, 0.05) is 25.9 Å². The molecule has 3 aromatic heterocycles. The Morgan fingerprint density at radius 3 is 3.00 bits per heavy atom. The Bertz CT molecular complexity index is 876. The molecule has 0 atom stereocenters. The molecule has 0 aliphatic heterocycles. The number of fused-ring (bicyclic) bond motifs is 3. The minimum atomic E-state index is 0.398. The molecule has 25 heavy (non-hydrogen) atoms. The lowest BCUT2D eigenvalue weighted by atomic mass is 10.2. The lowest BCUT2D eigenvalue weighted by molar-refractivity contribution is -0.109. The molecule has 3 rings (SSSR count). The maximum Gasteiger partial charge on any atom is 0.207 e. The van der Waals surface area contributed by atoms with Crippen LogP contribution in [0.2, 0.25) is 0 Å². The molecular weight excluding hydrogens is 320 g/mol. The van der Waals surface area contributed by atoms with Gasteiger partial charge in [0.1, 0.15) is 29.0 Å². The van der Waals surface area contributed by atoms with Crippen LogP contribution in [0.1, 0.15) is 25.6 Å². The van der Waals surface area contributed by atoms with Crippen LogP contribution in [-0.2, 0) is 22.7 Å². The zero-order valence-electron chi connectivity index (χ0n) is 14.2. The monoisotopic (exact) mass is 342 g/mol. The average molecular weight is 342 g/mol. The van der Waals surface area contributed by atoms with E-state index >= 15 is 0 Å². The van der Waals surface area contributed by atoms with Crippen molar-refractivity contribution in [2.75, 3.05) is 18.9 Å². The highest BCUT2D eigenvalue weighted by Crippen LogP contribution is 2.28. The number of amides is 1. The zero-order valence-corrected chi connectivity index (χ0v) is 14.2. The Morgan fingerprint density at radius 1 is 1.32 bits per heavy atom. The fourth-order valence-corrected chi connectivity index (χ4v) is 2.87. The Hall–Kier alpha value is -2.74. The summed E-state index contributed by atoms with van der Waals surface area (Å²) in [6.45, 7) is 4.36. The number of nitrogens with zero attached hydrogens (tertiary/aromatic N) is 4. The molecule has 1 amide bonds. The highest BCUT2D eigenvalue weighted by molar-refractivity contribution is 6.04. The summed E-state index contributed by atoms with van der Waals surface area (Å²) in [5.41, 5.74) is 9.21. The standard InChI is InChI=1S/C17H22N6O2/c1-2-25-10-13-22-15-16(23(13)9-4-3-7-19-11-24)14-12(21-17(15)18)6-5-8-20-14/h5-6,8,11H,2-4,7,9-10H2,1H3,(H2,18,21)(H,19,24). The first-order chi connectivity index (χ1) is 12.3. The number of imidazole rings is 1. The maximum absolute atomic E-state index is 10.4. The number of anilines is 1. The van der Waals surface area contributed by atoms with Gasteiger partial charge in [-0.2, -0.15) is 0 Å². The van der Waals surface area contributed by atoms with Crippen LogP contribution in [0.15, 0.2) is 18.3 Å². The van der Waals surface area contributed by atoms with Crippen LogP contribution in [-0.4, -0.2) is 39.1 Å². The van der Waals surface area contributed by atoms with Crippen LogP contribution >= 0.6 is 0 Å². The topological polar surface area (TPSA) is 108 Å². The van der Waals surface area contributed by atoms with Gasteiger partial charge in [-0.1, -0.05) is 0 Å². The smallest absolute Gasteiger partial charge is 0.207 e. The van der Waals surface area contributed by atoms with E-state index in [2.05, 4.69) is 24.8 Å². The van der Waals surface area contributed by atoms with Gasteiger partial charge in [-0.15, -0.1) is 0 Å². The van der Waals surface area contributed by atoms with E-state index in [0.717, 1.165) is 48.2 Å². The summed E-state index contributed by atoms with van der Waals surface area (Å²) >= 11 is 0. The van der Waals surface area contributed by atoms with Crippen molar-refractivity contribution in [3.05, 3.63) is 24.2 Å². The summed E-state index contributed by atoms with van der Waals surface area (Å²) in [5, 5.41) is 2.68. The normalized spacial score (nSPS) is 11.2. The quantitative estimate of drug-likeness (QED) is 0.452. The van der Waals surface area contributed by atoms with E-state index in [1.54, 1.807) is 6.20 Å². The van der Waals surface area contributed by atoms with Crippen LogP contribution < -0.4 is 11.1 Å². The number of ether oxygens (including phenoxy) is 1. The molecule has 0 aliphatic rings. The van der Waals surface area contributed by atoms with Crippen LogP contribution in [0.3, 0.4) is 0 Å². The first-order valence-electron chi connectivity index (χ1n) is 8.40. The summed E-state index contributed by atoms with van der Waals surface area (Å²) < 4.78 is 7.67. The molecule has 8 heteroatoms. The summed E-state index contributed by atoms with van der Waals surface area (Å²) in [7, 11) is 0. The number of unbranched alkanes of at least 4 members (excludes halogenated alkanes) is 1. The van der Waals surface area contributed by atoms with E-state index in [0.29, 0.717) is 31.1 Å². The average Bonchev–Trinajstić information content (AvgIpc) is 2.99. The molecule has 0 bridgehead atoms. The van der Waals surface area contributed by atoms with Crippen molar-refractivity contribution < 1.29 is 9.53 Å². The van der Waals surface area contributed by atoms with Gasteiger partial charge in [0.05, 0.1) is 5.52 Å². The minimum absolute atomic E-state index is 0.398. The number of nitrogens with one attached hydrogen (secondary N) is 1. The minimum Gasteiger partial charge on any atom is -0.382 e. The van der Waals surface area contributed by atoms with Crippen molar-refractivity contribution in [1.29, 1.82) is 0 Å². The van der Waals surface area contributed by atoms with E-state index in [4.69, 9.17) is 10.5 Å². The van der Waals surface area contributed by atoms with E-state index in [1.165, 1.54) is 0 Å². The number of nitrogen functional groups attached to an aromatic ring is 1. The van der Waals surface area contributed by atoms with Crippen molar-refractivity contribution in [1.82, 2.24) is 24.8 Å². The molecule has 0 fully saturated rings. The molecule has 3 N–H and O–H groups in total. The van der Waals surface area contributed by atoms with E-state index in [1.807, 2.05) is 19.1 Å². The van der Waals surface area contributed by atoms with Gasteiger partial charge < -0.3 is 20.4 Å². The third kappa shape index (κ3) is 3.53. The fourth-order valence-electron chi connectivity index (χ4n) is 2.87. The maximum atomic E-state index is 10.4. The second-order valence-electron chi connectivity index (χ2n) is 5.66. The second kappa shape index (κ2) is 7.89. The molecular formula is C17H22N6O2. The molecule has 0 saturated heterocycles. The number of aryl methyl sites for hydroxylation is 1. The van der Waals surface area contributed by atoms with Gasteiger partial charge in [0.2, 0.25) is 6.41 Å². The van der Waals surface area contributed by atoms with E-state index < -0.39 is 0 Å². The Morgan fingerprint density at radius 2 is 2.20 bits per heavy atom. The fraction of sp³-hybridized carbons (Fsp3) is 0.412. The lowest BCUT2D eigenvalue weighted by Crippen LogP contribution is -2.13. The molecule has 132 valence electrons. The number of hydrogen-bond acceptors (Lipinski definition) is 6. The second-order valence-corrected chi connectivity index (χ2v) is 5.66. The van der Waals surface area contributed by atoms with Gasteiger partial charge in [-0.3, -0.25) is 9.78 Å². The third-order valence-corrected chi connectivity index (χ3v) is 4.01. The summed E-state index contributed by atoms with van der Waals surface area (Å²) in [6.07, 6.45) is 4.23. The first-order valence-corrected chi connectivity index (χ1v) is 8.40. The predicted molar refractivity (Wildman–Crippen MR) is 95.9 cm³/mol. The van der Waals surface area contributed by atoms with Gasteiger partial charge in [-0.25, -0.2) is 9.97 Å². The SMILES string of the molecule is CCOCc1nc2c(N)nc3cccnc3c2n1CCCCNC=O. The van der Waals surface area contributed by atoms with Gasteiger partial charge in [-0.05, 0) is 31.9 Å². The van der Waals surface area contributed by atoms with E-state index in [9.17, 15) is 4.79 Å². The number of pyridine rings is 2. The van der Waals surface area contributed by atoms with Crippen molar-refractivity contribution >= 4 is 34.3 Å². The van der Waals surface area contributed by atoms with Crippen LogP contribution in [0, 0.1) is 0 Å². The largest absolute Gasteiger partial charge is 0.382 e. The van der Waals surface area contributed by atoms with Crippen molar-refractivity contribution in [3.8, 4) is 0 Å². The molecule has 8 nitrogen and oxygen atoms in total. The van der Waals surface area contributed by atoms with Gasteiger partial charge in [0.15, 0.2) is 5.82 Å². The first kappa shape index (κ1) is 17.1. The molecule has 0 saturated carbocycles. The molecule has 3 aromatic rings. The number of carbonyl (C=O) groups is 1. The molecule has 3 heterocycles. The number of nitrogens with two attached hydrogens (primary N) is 1. The summed E-state index contributed by atoms with van der Waals surface area (Å²) in [6, 6.07) is 3.74. The number of hydrogen-bond donors (Lipinski definition) is 2. The van der Waals surface area contributed by atoms with Gasteiger partial charge in [0.25, 0.3) is 0 Å². The van der Waals surface area contributed by atoms with Crippen molar-refractivity contribution in [2.45, 2.75) is 32.9 Å². The molecule has 0 unspecified atom stereocenters. The molecule has 0 radical (unpaired) electrons. The van der Waals surface area contributed by atoms with Gasteiger partial charge >= 0.3 is 0 Å². The van der Waals surface area contributed by atoms with Crippen LogP contribution in [0.4, 0.5) is 5.82 Å². The van der Waals surface area contributed by atoms with E-state index in [-0.39, 0.29) is 0 Å². The Kier molecular flexibility index (Phi) is 5.39. The number of carbonyl (C=O) groups excluding carboxylic acids is 1. The molecule has 0 aromatic carbocycles. The molecule has 0 spiro atoms. The van der Waals surface area contributed by atoms with Crippen LogP contribution in [0.25, 0.3) is 22.1 Å². The highest BCUT2D eigenvalue weighted by atomic mass is 16.5. The molecule has 0 aliphatic carbocycles. The lowest BCUT2D eigenvalue weighted by Gasteiger charge is -2.10. The summed E-state index contributed by atoms with van der Waals surface area (Å²) in [4.78, 5) is 23.9. The van der Waals surface area contributed by atoms with Crippen molar-refractivity contribution in [3.63, 3.8) is 0 Å². The third-order valence-electron chi connectivity index (χ3n) is 4.01. The number of aromatic nitrogens is 4. The van der Waals surface area contributed by atoms with Crippen LogP contribution in [0.5, 0.6) is 0 Å². The number of rotatable bonds is 9. The predicted octanol–water partition coefficient (Wildman–Crippen LogP) is 1.62. The Balaban J connectivity index is 2.04. The highest BCUT2D eigenvalue weighted by Gasteiger charge is 2.17. The summed E-state index contributed by atoms with van der Waals surface area (Å²) in [5.74, 6) is 1.21. The Labute approximate surface area is 145 Å².